The molecule has 0 fully saturated rings. The monoisotopic (exact) mass is 586 g/mol. The fourth-order valence-electron chi connectivity index (χ4n) is 5.96. The molecule has 5 heteroatoms. The summed E-state index contributed by atoms with van der Waals surface area (Å²) < 4.78 is 47.4. The van der Waals surface area contributed by atoms with Gasteiger partial charge in [0, 0.05) is 22.3 Å². The van der Waals surface area contributed by atoms with Crippen molar-refractivity contribution in [1.29, 1.82) is 0 Å². The van der Waals surface area contributed by atoms with Gasteiger partial charge in [-0.1, -0.05) is 146 Å². The van der Waals surface area contributed by atoms with Crippen LogP contribution in [0.15, 0.2) is 146 Å². The number of rotatable bonds is 6. The summed E-state index contributed by atoms with van der Waals surface area (Å²) in [6, 6.07) is 41.4. The van der Waals surface area contributed by atoms with E-state index < -0.39 is 11.6 Å². The predicted molar refractivity (Wildman–Crippen MR) is 170 cm³/mol. The lowest BCUT2D eigenvalue weighted by Crippen LogP contribution is -2.41. The number of phenols is 2. The molecule has 6 aromatic rings. The van der Waals surface area contributed by atoms with E-state index >= 15 is 13.2 Å². The van der Waals surface area contributed by atoms with Crippen molar-refractivity contribution >= 4 is 0 Å². The Labute approximate surface area is 254 Å². The first kappa shape index (κ1) is 28.8. The Morgan fingerprint density at radius 3 is 1.00 bits per heavy atom. The summed E-state index contributed by atoms with van der Waals surface area (Å²) in [6.07, 6.45) is -4.83. The molecule has 0 radical (unpaired) electrons. The highest BCUT2D eigenvalue weighted by Gasteiger charge is 2.56. The smallest absolute Gasteiger partial charge is 0.402 e. The normalized spacial score (nSPS) is 11.8. The Morgan fingerprint density at radius 1 is 0.409 bits per heavy atom. The van der Waals surface area contributed by atoms with Gasteiger partial charge in [0.2, 0.25) is 0 Å². The number of halogens is 3. The molecule has 0 spiro atoms. The SMILES string of the molecule is CC(c1ccc(-c2ccccc2)c(O)c1-c1ccccc1)(c1ccc(-c2ccccc2)c(O)c1-c1ccccc1)C(F)(F)F. The molecule has 2 nitrogen and oxygen atoms in total. The first-order valence-electron chi connectivity index (χ1n) is 14.2. The van der Waals surface area contributed by atoms with Crippen LogP contribution in [0.5, 0.6) is 11.5 Å². The summed E-state index contributed by atoms with van der Waals surface area (Å²) >= 11 is 0. The number of hydrogen-bond acceptors (Lipinski definition) is 2. The van der Waals surface area contributed by atoms with Crippen LogP contribution in [0.2, 0.25) is 0 Å². The molecule has 218 valence electrons. The Balaban J connectivity index is 1.71. The van der Waals surface area contributed by atoms with Crippen LogP contribution in [0.4, 0.5) is 13.2 Å². The standard InChI is InChI=1S/C39H29F3O2/c1-38(39(40,41)42,32-24-22-30(26-14-6-2-7-15-26)36(43)34(32)28-18-10-4-11-19-28)33-25-23-31(27-16-8-3-9-17-27)37(44)35(33)29-20-12-5-13-21-29/h2-25,43-44H,1H3. The van der Waals surface area contributed by atoms with Crippen LogP contribution >= 0.6 is 0 Å². The maximum absolute atomic E-state index is 15.8. The van der Waals surface area contributed by atoms with Gasteiger partial charge in [0.1, 0.15) is 16.9 Å². The number of hydrogen-bond donors (Lipinski definition) is 2. The minimum atomic E-state index is -4.83. The van der Waals surface area contributed by atoms with Crippen molar-refractivity contribution < 1.29 is 23.4 Å². The summed E-state index contributed by atoms with van der Waals surface area (Å²) in [5.74, 6) is -0.497. The van der Waals surface area contributed by atoms with Gasteiger partial charge in [-0.3, -0.25) is 0 Å². The first-order chi connectivity index (χ1) is 21.2. The molecule has 2 N–H and O–H groups in total. The van der Waals surface area contributed by atoms with Crippen molar-refractivity contribution in [2.75, 3.05) is 0 Å². The third-order valence-electron chi connectivity index (χ3n) is 8.29. The second-order valence-electron chi connectivity index (χ2n) is 10.9. The first-order valence-corrected chi connectivity index (χ1v) is 14.2. The summed E-state index contributed by atoms with van der Waals surface area (Å²) in [5, 5.41) is 23.5. The Kier molecular flexibility index (Phi) is 7.48. The fourth-order valence-corrected chi connectivity index (χ4v) is 5.96. The number of alkyl halides is 3. The highest BCUT2D eigenvalue weighted by Crippen LogP contribution is 2.56. The summed E-state index contributed by atoms with van der Waals surface area (Å²) in [5.41, 5.74) is 0.341. The third-order valence-corrected chi connectivity index (χ3v) is 8.29. The van der Waals surface area contributed by atoms with Crippen molar-refractivity contribution in [2.45, 2.75) is 18.5 Å². The zero-order chi connectivity index (χ0) is 30.9. The molecule has 0 unspecified atom stereocenters. The number of phenolic OH excluding ortho intramolecular Hbond substituents is 2. The molecule has 0 saturated heterocycles. The van der Waals surface area contributed by atoms with Crippen LogP contribution in [0.25, 0.3) is 44.5 Å². The van der Waals surface area contributed by atoms with Crippen LogP contribution < -0.4 is 0 Å². The highest BCUT2D eigenvalue weighted by molar-refractivity contribution is 5.89. The van der Waals surface area contributed by atoms with E-state index in [1.807, 2.05) is 36.4 Å². The second kappa shape index (κ2) is 11.4. The van der Waals surface area contributed by atoms with Crippen molar-refractivity contribution in [3.63, 3.8) is 0 Å². The lowest BCUT2D eigenvalue weighted by Gasteiger charge is -2.37. The molecule has 0 heterocycles. The minimum absolute atomic E-state index is 0.0809. The van der Waals surface area contributed by atoms with Crippen molar-refractivity contribution in [3.05, 3.63) is 157 Å². The van der Waals surface area contributed by atoms with Gasteiger partial charge >= 0.3 is 6.18 Å². The Bertz CT molecular complexity index is 1770. The van der Waals surface area contributed by atoms with Crippen molar-refractivity contribution in [2.24, 2.45) is 0 Å². The van der Waals surface area contributed by atoms with Crippen LogP contribution in [-0.2, 0) is 5.41 Å². The van der Waals surface area contributed by atoms with Crippen molar-refractivity contribution in [3.8, 4) is 56.0 Å². The molecule has 6 aromatic carbocycles. The van der Waals surface area contributed by atoms with Gasteiger partial charge in [-0.15, -0.1) is 0 Å². The molecule has 44 heavy (non-hydrogen) atoms. The average Bonchev–Trinajstić information content (AvgIpc) is 3.05. The number of benzene rings is 6. The topological polar surface area (TPSA) is 40.5 Å². The molecule has 0 aliphatic carbocycles. The van der Waals surface area contributed by atoms with Gasteiger partial charge in [-0.2, -0.15) is 13.2 Å². The van der Waals surface area contributed by atoms with E-state index in [1.165, 1.54) is 24.3 Å². The van der Waals surface area contributed by atoms with E-state index in [-0.39, 0.29) is 33.8 Å². The van der Waals surface area contributed by atoms with Gasteiger partial charge in [0.05, 0.1) is 0 Å². The van der Waals surface area contributed by atoms with E-state index in [2.05, 4.69) is 0 Å². The van der Waals surface area contributed by atoms with E-state index in [1.54, 1.807) is 84.9 Å². The summed E-state index contributed by atoms with van der Waals surface area (Å²) in [4.78, 5) is 0. The van der Waals surface area contributed by atoms with Gasteiger partial charge in [-0.25, -0.2) is 0 Å². The van der Waals surface area contributed by atoms with Crippen LogP contribution in [0.3, 0.4) is 0 Å². The van der Waals surface area contributed by atoms with E-state index in [0.29, 0.717) is 33.4 Å². The molecule has 0 aromatic heterocycles. The minimum Gasteiger partial charge on any atom is -0.507 e. The molecule has 0 bridgehead atoms. The van der Waals surface area contributed by atoms with Gasteiger partial charge in [0.15, 0.2) is 0 Å². The second-order valence-corrected chi connectivity index (χ2v) is 10.9. The third kappa shape index (κ3) is 4.90. The Morgan fingerprint density at radius 2 is 0.705 bits per heavy atom. The van der Waals surface area contributed by atoms with E-state index in [4.69, 9.17) is 0 Å². The molecule has 0 aliphatic rings. The zero-order valence-corrected chi connectivity index (χ0v) is 23.9. The van der Waals surface area contributed by atoms with Crippen LogP contribution in [-0.4, -0.2) is 16.4 Å². The largest absolute Gasteiger partial charge is 0.507 e. The number of aromatic hydroxyl groups is 2. The molecule has 0 saturated carbocycles. The van der Waals surface area contributed by atoms with Crippen LogP contribution in [0, 0.1) is 0 Å². The van der Waals surface area contributed by atoms with Gasteiger partial charge < -0.3 is 10.2 Å². The molecule has 0 atom stereocenters. The van der Waals surface area contributed by atoms with Crippen LogP contribution in [0.1, 0.15) is 18.1 Å². The van der Waals surface area contributed by atoms with Gasteiger partial charge in [0.25, 0.3) is 0 Å². The highest BCUT2D eigenvalue weighted by atomic mass is 19.4. The predicted octanol–water partition coefficient (Wildman–Crippen LogP) is 10.6. The summed E-state index contributed by atoms with van der Waals surface area (Å²) in [6.45, 7) is 1.12. The van der Waals surface area contributed by atoms with E-state index in [0.717, 1.165) is 6.92 Å². The average molecular weight is 587 g/mol. The lowest BCUT2D eigenvalue weighted by molar-refractivity contribution is -0.172. The Hall–Kier alpha value is -5.29. The maximum atomic E-state index is 15.8. The van der Waals surface area contributed by atoms with Crippen molar-refractivity contribution in [1.82, 2.24) is 0 Å². The molecular weight excluding hydrogens is 557 g/mol. The maximum Gasteiger partial charge on any atom is 0.402 e. The van der Waals surface area contributed by atoms with Gasteiger partial charge in [-0.05, 0) is 40.3 Å². The molecule has 0 amide bonds. The fraction of sp³-hybridized carbons (Fsp3) is 0.0769. The zero-order valence-electron chi connectivity index (χ0n) is 23.9. The summed E-state index contributed by atoms with van der Waals surface area (Å²) in [7, 11) is 0. The molecule has 0 aliphatic heterocycles. The lowest BCUT2D eigenvalue weighted by atomic mass is 9.69. The molecular formula is C39H29F3O2. The molecule has 6 rings (SSSR count). The van der Waals surface area contributed by atoms with E-state index in [9.17, 15) is 10.2 Å². The quantitative estimate of drug-likeness (QED) is 0.204.